The fourth-order valence-corrected chi connectivity index (χ4v) is 3.27. The average molecular weight is 340 g/mol. The van der Waals surface area contributed by atoms with E-state index < -0.39 is 5.76 Å². The predicted octanol–water partition coefficient (Wildman–Crippen LogP) is 2.03. The molecule has 0 atom stereocenters. The van der Waals surface area contributed by atoms with Crippen molar-refractivity contribution in [2.75, 3.05) is 6.54 Å². The molecular formula is C16H12N4O3S. The SMILES string of the molecule is O=C(NCCn1c(=O)oc2ccccc21)c1nc2cccnc2s1. The highest BCUT2D eigenvalue weighted by Crippen LogP contribution is 2.18. The Bertz CT molecular complexity index is 1060. The van der Waals surface area contributed by atoms with Crippen LogP contribution in [0.5, 0.6) is 0 Å². The zero-order chi connectivity index (χ0) is 16.5. The maximum atomic E-state index is 12.2. The highest BCUT2D eigenvalue weighted by Gasteiger charge is 2.13. The second-order valence-electron chi connectivity index (χ2n) is 5.09. The van der Waals surface area contributed by atoms with Crippen LogP contribution in [0.2, 0.25) is 0 Å². The molecule has 4 aromatic rings. The number of fused-ring (bicyclic) bond motifs is 2. The van der Waals surface area contributed by atoms with E-state index in [0.29, 0.717) is 34.7 Å². The van der Waals surface area contributed by atoms with Gasteiger partial charge in [0.05, 0.1) is 5.52 Å². The van der Waals surface area contributed by atoms with Crippen LogP contribution in [0.25, 0.3) is 21.4 Å². The zero-order valence-electron chi connectivity index (χ0n) is 12.4. The van der Waals surface area contributed by atoms with Crippen molar-refractivity contribution in [3.63, 3.8) is 0 Å². The molecule has 0 saturated heterocycles. The number of para-hydroxylation sites is 2. The standard InChI is InChI=1S/C16H12N4O3S/c21-13(15-19-10-4-3-7-18-14(10)24-15)17-8-9-20-11-5-1-2-6-12(11)23-16(20)22/h1-7H,8-9H2,(H,17,21). The van der Waals surface area contributed by atoms with Gasteiger partial charge in [-0.3, -0.25) is 9.36 Å². The van der Waals surface area contributed by atoms with Crippen molar-refractivity contribution in [1.29, 1.82) is 0 Å². The van der Waals surface area contributed by atoms with Gasteiger partial charge in [-0.1, -0.05) is 23.5 Å². The summed E-state index contributed by atoms with van der Waals surface area (Å²) in [5.74, 6) is -0.714. The highest BCUT2D eigenvalue weighted by atomic mass is 32.1. The zero-order valence-corrected chi connectivity index (χ0v) is 13.2. The number of hydrogen-bond donors (Lipinski definition) is 1. The maximum Gasteiger partial charge on any atom is 0.420 e. The Kier molecular flexibility index (Phi) is 3.58. The van der Waals surface area contributed by atoms with E-state index in [0.717, 1.165) is 4.83 Å². The molecule has 24 heavy (non-hydrogen) atoms. The molecule has 120 valence electrons. The largest absolute Gasteiger partial charge is 0.420 e. The van der Waals surface area contributed by atoms with E-state index in [-0.39, 0.29) is 5.91 Å². The van der Waals surface area contributed by atoms with Crippen LogP contribution in [-0.4, -0.2) is 27.0 Å². The van der Waals surface area contributed by atoms with Crippen molar-refractivity contribution in [3.05, 3.63) is 58.2 Å². The summed E-state index contributed by atoms with van der Waals surface area (Å²) in [4.78, 5) is 33.2. The predicted molar refractivity (Wildman–Crippen MR) is 90.2 cm³/mol. The van der Waals surface area contributed by atoms with Gasteiger partial charge in [0.15, 0.2) is 10.6 Å². The molecule has 0 bridgehead atoms. The molecule has 0 saturated carbocycles. The van der Waals surface area contributed by atoms with Crippen molar-refractivity contribution >= 4 is 38.7 Å². The lowest BCUT2D eigenvalue weighted by molar-refractivity contribution is 0.0952. The highest BCUT2D eigenvalue weighted by molar-refractivity contribution is 7.19. The Morgan fingerprint density at radius 2 is 2.12 bits per heavy atom. The number of amides is 1. The smallest absolute Gasteiger partial charge is 0.408 e. The van der Waals surface area contributed by atoms with Crippen LogP contribution in [0.4, 0.5) is 0 Å². The molecule has 0 aliphatic carbocycles. The lowest BCUT2D eigenvalue weighted by atomic mass is 10.3. The van der Waals surface area contributed by atoms with E-state index in [1.165, 1.54) is 15.9 Å². The van der Waals surface area contributed by atoms with Gasteiger partial charge >= 0.3 is 5.76 Å². The molecular weight excluding hydrogens is 328 g/mol. The van der Waals surface area contributed by atoms with E-state index >= 15 is 0 Å². The number of aromatic nitrogens is 3. The quantitative estimate of drug-likeness (QED) is 0.614. The summed E-state index contributed by atoms with van der Waals surface area (Å²) in [6.07, 6.45) is 1.67. The Labute approximate surface area is 139 Å². The molecule has 0 aliphatic rings. The fourth-order valence-electron chi connectivity index (χ4n) is 2.45. The summed E-state index contributed by atoms with van der Waals surface area (Å²) in [5, 5.41) is 3.12. The van der Waals surface area contributed by atoms with Crippen molar-refractivity contribution in [2.45, 2.75) is 6.54 Å². The first-order valence-electron chi connectivity index (χ1n) is 7.30. The number of rotatable bonds is 4. The van der Waals surface area contributed by atoms with Gasteiger partial charge < -0.3 is 9.73 Å². The van der Waals surface area contributed by atoms with Crippen LogP contribution < -0.4 is 11.1 Å². The first-order valence-corrected chi connectivity index (χ1v) is 8.12. The van der Waals surface area contributed by atoms with E-state index in [2.05, 4.69) is 15.3 Å². The van der Waals surface area contributed by atoms with Gasteiger partial charge in [-0.2, -0.15) is 0 Å². The second-order valence-corrected chi connectivity index (χ2v) is 6.07. The molecule has 4 rings (SSSR count). The third-order valence-corrected chi connectivity index (χ3v) is 4.53. The third-order valence-electron chi connectivity index (χ3n) is 3.56. The van der Waals surface area contributed by atoms with Gasteiger partial charge in [0.2, 0.25) is 0 Å². The van der Waals surface area contributed by atoms with Crippen molar-refractivity contribution in [2.24, 2.45) is 0 Å². The molecule has 1 amide bonds. The van der Waals surface area contributed by atoms with E-state index in [9.17, 15) is 9.59 Å². The molecule has 3 aromatic heterocycles. The topological polar surface area (TPSA) is 90.0 Å². The van der Waals surface area contributed by atoms with Gasteiger partial charge in [0, 0.05) is 19.3 Å². The number of pyridine rings is 1. The number of benzene rings is 1. The fraction of sp³-hybridized carbons (Fsp3) is 0.125. The number of carbonyl (C=O) groups excluding carboxylic acids is 1. The monoisotopic (exact) mass is 340 g/mol. The van der Waals surface area contributed by atoms with E-state index in [4.69, 9.17) is 4.42 Å². The molecule has 1 aromatic carbocycles. The van der Waals surface area contributed by atoms with Crippen molar-refractivity contribution in [3.8, 4) is 0 Å². The number of oxazole rings is 1. The number of carbonyl (C=O) groups is 1. The summed E-state index contributed by atoms with van der Waals surface area (Å²) in [6.45, 7) is 0.621. The van der Waals surface area contributed by atoms with Crippen LogP contribution in [-0.2, 0) is 6.54 Å². The molecule has 0 radical (unpaired) electrons. The summed E-state index contributed by atoms with van der Waals surface area (Å²) in [5.41, 5.74) is 1.94. The van der Waals surface area contributed by atoms with Gasteiger partial charge in [-0.05, 0) is 24.3 Å². The normalized spacial score (nSPS) is 11.2. The number of thiazole rings is 1. The lowest BCUT2D eigenvalue weighted by Gasteiger charge is -2.03. The summed E-state index contributed by atoms with van der Waals surface area (Å²) in [6, 6.07) is 10.8. The van der Waals surface area contributed by atoms with Crippen LogP contribution in [0, 0.1) is 0 Å². The van der Waals surface area contributed by atoms with Gasteiger partial charge in [0.25, 0.3) is 5.91 Å². The third kappa shape index (κ3) is 2.56. The van der Waals surface area contributed by atoms with Crippen LogP contribution in [0.3, 0.4) is 0 Å². The molecule has 8 heteroatoms. The van der Waals surface area contributed by atoms with Crippen LogP contribution in [0.15, 0.2) is 51.8 Å². The van der Waals surface area contributed by atoms with E-state index in [1.807, 2.05) is 12.1 Å². The Morgan fingerprint density at radius 3 is 3.00 bits per heavy atom. The minimum Gasteiger partial charge on any atom is -0.408 e. The van der Waals surface area contributed by atoms with Crippen molar-refractivity contribution in [1.82, 2.24) is 19.9 Å². The molecule has 0 aliphatic heterocycles. The Morgan fingerprint density at radius 1 is 1.25 bits per heavy atom. The van der Waals surface area contributed by atoms with Crippen molar-refractivity contribution < 1.29 is 9.21 Å². The van der Waals surface area contributed by atoms with Gasteiger partial charge in [-0.25, -0.2) is 14.8 Å². The lowest BCUT2D eigenvalue weighted by Crippen LogP contribution is -2.29. The molecule has 0 unspecified atom stereocenters. The molecule has 0 spiro atoms. The first kappa shape index (κ1) is 14.6. The van der Waals surface area contributed by atoms with Gasteiger partial charge in [0.1, 0.15) is 10.3 Å². The second kappa shape index (κ2) is 5.89. The van der Waals surface area contributed by atoms with E-state index in [1.54, 1.807) is 30.5 Å². The molecule has 7 nitrogen and oxygen atoms in total. The maximum absolute atomic E-state index is 12.2. The number of nitrogens with zero attached hydrogens (tertiary/aromatic N) is 3. The minimum absolute atomic E-state index is 0.279. The van der Waals surface area contributed by atoms with Crippen LogP contribution >= 0.6 is 11.3 Å². The summed E-state index contributed by atoms with van der Waals surface area (Å²) in [7, 11) is 0. The molecule has 0 fully saturated rings. The van der Waals surface area contributed by atoms with Gasteiger partial charge in [-0.15, -0.1) is 0 Å². The minimum atomic E-state index is -0.436. The molecule has 1 N–H and O–H groups in total. The average Bonchev–Trinajstić information content (AvgIpc) is 3.16. The van der Waals surface area contributed by atoms with Crippen LogP contribution in [0.1, 0.15) is 9.80 Å². The Hall–Kier alpha value is -3.00. The number of nitrogens with one attached hydrogen (secondary N) is 1. The summed E-state index contributed by atoms with van der Waals surface area (Å²) < 4.78 is 6.65. The number of hydrogen-bond acceptors (Lipinski definition) is 6. The Balaban J connectivity index is 1.47. The first-order chi connectivity index (χ1) is 11.7. The summed E-state index contributed by atoms with van der Waals surface area (Å²) >= 11 is 1.24. The molecule has 3 heterocycles.